The van der Waals surface area contributed by atoms with Crippen molar-refractivity contribution in [2.24, 2.45) is 0 Å². The van der Waals surface area contributed by atoms with Crippen LogP contribution in [0.5, 0.6) is 0 Å². The van der Waals surface area contributed by atoms with Gasteiger partial charge < -0.3 is 5.73 Å². The lowest BCUT2D eigenvalue weighted by Gasteiger charge is -2.03. The number of nitrogens with two attached hydrogens (primary N) is 1. The number of halogens is 1. The lowest BCUT2D eigenvalue weighted by Crippen LogP contribution is -1.91. The van der Waals surface area contributed by atoms with Gasteiger partial charge in [0.1, 0.15) is 10.8 Å². The van der Waals surface area contributed by atoms with Crippen molar-refractivity contribution < 1.29 is 4.39 Å². The number of hydrogen-bond donors (Lipinski definition) is 1. The number of nitrogens with zero attached hydrogens (tertiary/aromatic N) is 1. The number of aromatic nitrogens is 1. The number of hydrogen-bond acceptors (Lipinski definition) is 3. The van der Waals surface area contributed by atoms with Gasteiger partial charge in [-0.15, -0.1) is 0 Å². The number of benzene rings is 1. The summed E-state index contributed by atoms with van der Waals surface area (Å²) in [6.45, 7) is 1.94. The summed E-state index contributed by atoms with van der Waals surface area (Å²) in [6.07, 6.45) is 1.64. The predicted octanol–water partition coefficient (Wildman–Crippen LogP) is 3.26. The van der Waals surface area contributed by atoms with Crippen molar-refractivity contribution in [3.8, 4) is 0 Å². The Balaban J connectivity index is 2.20. The summed E-state index contributed by atoms with van der Waals surface area (Å²) in [4.78, 5) is 5.16. The van der Waals surface area contributed by atoms with E-state index in [1.807, 2.05) is 13.0 Å². The quantitative estimate of drug-likeness (QED) is 0.866. The summed E-state index contributed by atoms with van der Waals surface area (Å²) in [5.41, 5.74) is 7.36. The molecular weight excluding hydrogens is 223 g/mol. The molecule has 2 rings (SSSR count). The maximum absolute atomic E-state index is 12.7. The minimum absolute atomic E-state index is 0.231. The third kappa shape index (κ3) is 2.52. The Kier molecular flexibility index (Phi) is 3.10. The van der Waals surface area contributed by atoms with E-state index in [1.54, 1.807) is 18.3 Å². The van der Waals surface area contributed by atoms with E-state index in [4.69, 9.17) is 5.73 Å². The predicted molar refractivity (Wildman–Crippen MR) is 63.9 cm³/mol. The monoisotopic (exact) mass is 234 g/mol. The standard InChI is InChI=1S/C12H11FN2S/c1-8-6-12(15-7-11(8)14)16-10-4-2-9(13)3-5-10/h2-7H,14H2,1H3. The molecule has 82 valence electrons. The van der Waals surface area contributed by atoms with Crippen molar-refractivity contribution in [3.05, 3.63) is 47.9 Å². The van der Waals surface area contributed by atoms with E-state index in [-0.39, 0.29) is 5.82 Å². The first kappa shape index (κ1) is 11.0. The van der Waals surface area contributed by atoms with Gasteiger partial charge in [0.2, 0.25) is 0 Å². The van der Waals surface area contributed by atoms with E-state index >= 15 is 0 Å². The second-order valence-electron chi connectivity index (χ2n) is 3.44. The lowest BCUT2D eigenvalue weighted by molar-refractivity contribution is 0.626. The first-order valence-corrected chi connectivity index (χ1v) is 5.62. The molecule has 16 heavy (non-hydrogen) atoms. The fourth-order valence-corrected chi connectivity index (χ4v) is 2.07. The van der Waals surface area contributed by atoms with Crippen molar-refractivity contribution in [1.82, 2.24) is 4.98 Å². The zero-order valence-corrected chi connectivity index (χ0v) is 9.59. The molecule has 0 atom stereocenters. The second-order valence-corrected chi connectivity index (χ2v) is 4.53. The van der Waals surface area contributed by atoms with Gasteiger partial charge in [0.05, 0.1) is 11.9 Å². The summed E-state index contributed by atoms with van der Waals surface area (Å²) < 4.78 is 12.7. The Hall–Kier alpha value is -1.55. The van der Waals surface area contributed by atoms with Gasteiger partial charge >= 0.3 is 0 Å². The molecule has 2 nitrogen and oxygen atoms in total. The number of nitrogen functional groups attached to an aromatic ring is 1. The van der Waals surface area contributed by atoms with Gasteiger partial charge in [-0.25, -0.2) is 9.37 Å². The fourth-order valence-electron chi connectivity index (χ4n) is 1.22. The van der Waals surface area contributed by atoms with Gasteiger partial charge in [-0.1, -0.05) is 11.8 Å². The van der Waals surface area contributed by atoms with Crippen molar-refractivity contribution in [3.63, 3.8) is 0 Å². The summed E-state index contributed by atoms with van der Waals surface area (Å²) >= 11 is 1.49. The Labute approximate surface area is 97.7 Å². The van der Waals surface area contributed by atoms with E-state index in [9.17, 15) is 4.39 Å². The molecule has 4 heteroatoms. The third-order valence-corrected chi connectivity index (χ3v) is 3.10. The van der Waals surface area contributed by atoms with Gasteiger partial charge in [-0.3, -0.25) is 0 Å². The van der Waals surface area contributed by atoms with E-state index in [1.165, 1.54) is 23.9 Å². The molecule has 0 aliphatic rings. The van der Waals surface area contributed by atoms with Gasteiger partial charge in [0, 0.05) is 4.90 Å². The summed E-state index contributed by atoms with van der Waals surface area (Å²) in [7, 11) is 0. The topological polar surface area (TPSA) is 38.9 Å². The SMILES string of the molecule is Cc1cc(Sc2ccc(F)cc2)ncc1N. The van der Waals surface area contributed by atoms with Crippen LogP contribution in [-0.2, 0) is 0 Å². The molecule has 2 N–H and O–H groups in total. The Bertz CT molecular complexity index is 497. The normalized spacial score (nSPS) is 10.4. The van der Waals surface area contributed by atoms with Gasteiger partial charge in [-0.2, -0.15) is 0 Å². The molecule has 0 saturated heterocycles. The molecular formula is C12H11FN2S. The zero-order valence-electron chi connectivity index (χ0n) is 8.77. The molecule has 0 amide bonds. The van der Waals surface area contributed by atoms with Crippen LogP contribution < -0.4 is 5.73 Å². The number of rotatable bonds is 2. The van der Waals surface area contributed by atoms with Gasteiger partial charge in [0.15, 0.2) is 0 Å². The molecule has 2 aromatic rings. The van der Waals surface area contributed by atoms with Gasteiger partial charge in [0.25, 0.3) is 0 Å². The first-order chi connectivity index (χ1) is 7.65. The average molecular weight is 234 g/mol. The molecule has 0 spiro atoms. The molecule has 0 bridgehead atoms. The average Bonchev–Trinajstić information content (AvgIpc) is 2.27. The van der Waals surface area contributed by atoms with E-state index in [0.29, 0.717) is 5.69 Å². The highest BCUT2D eigenvalue weighted by Crippen LogP contribution is 2.27. The van der Waals surface area contributed by atoms with Crippen LogP contribution in [0.15, 0.2) is 46.5 Å². The molecule has 0 fully saturated rings. The molecule has 1 aromatic carbocycles. The van der Waals surface area contributed by atoms with Crippen molar-refractivity contribution in [2.75, 3.05) is 5.73 Å². The van der Waals surface area contributed by atoms with Crippen LogP contribution in [0.2, 0.25) is 0 Å². The highest BCUT2D eigenvalue weighted by atomic mass is 32.2. The second kappa shape index (κ2) is 4.53. The number of aryl methyl sites for hydroxylation is 1. The van der Waals surface area contributed by atoms with Crippen LogP contribution in [0, 0.1) is 12.7 Å². The summed E-state index contributed by atoms with van der Waals surface area (Å²) in [5, 5.41) is 0.860. The third-order valence-electron chi connectivity index (χ3n) is 2.16. The van der Waals surface area contributed by atoms with E-state index in [2.05, 4.69) is 4.98 Å². The maximum Gasteiger partial charge on any atom is 0.123 e. The molecule has 0 saturated carbocycles. The smallest absolute Gasteiger partial charge is 0.123 e. The fraction of sp³-hybridized carbons (Fsp3) is 0.0833. The van der Waals surface area contributed by atoms with Crippen LogP contribution in [0.4, 0.5) is 10.1 Å². The van der Waals surface area contributed by atoms with E-state index in [0.717, 1.165) is 15.5 Å². The highest BCUT2D eigenvalue weighted by Gasteiger charge is 2.01. The van der Waals surface area contributed by atoms with Crippen LogP contribution in [0.3, 0.4) is 0 Å². The number of pyridine rings is 1. The Morgan fingerprint density at radius 1 is 1.25 bits per heavy atom. The molecule has 1 heterocycles. The Morgan fingerprint density at radius 3 is 2.56 bits per heavy atom. The van der Waals surface area contributed by atoms with Crippen LogP contribution in [0.1, 0.15) is 5.56 Å². The van der Waals surface area contributed by atoms with Crippen molar-refractivity contribution >= 4 is 17.4 Å². The Morgan fingerprint density at radius 2 is 1.94 bits per heavy atom. The summed E-state index contributed by atoms with van der Waals surface area (Å²) in [5.74, 6) is -0.231. The van der Waals surface area contributed by atoms with Crippen LogP contribution in [-0.4, -0.2) is 4.98 Å². The zero-order chi connectivity index (χ0) is 11.5. The largest absolute Gasteiger partial charge is 0.397 e. The van der Waals surface area contributed by atoms with Crippen molar-refractivity contribution in [1.29, 1.82) is 0 Å². The van der Waals surface area contributed by atoms with Crippen LogP contribution in [0.25, 0.3) is 0 Å². The molecule has 0 aliphatic heterocycles. The lowest BCUT2D eigenvalue weighted by atomic mass is 10.3. The molecule has 0 radical (unpaired) electrons. The highest BCUT2D eigenvalue weighted by molar-refractivity contribution is 7.99. The molecule has 0 unspecified atom stereocenters. The summed E-state index contributed by atoms with van der Waals surface area (Å²) in [6, 6.07) is 8.25. The first-order valence-electron chi connectivity index (χ1n) is 4.81. The number of anilines is 1. The van der Waals surface area contributed by atoms with Crippen LogP contribution >= 0.6 is 11.8 Å². The molecule has 1 aromatic heterocycles. The van der Waals surface area contributed by atoms with E-state index < -0.39 is 0 Å². The maximum atomic E-state index is 12.7. The minimum Gasteiger partial charge on any atom is -0.397 e. The minimum atomic E-state index is -0.231. The van der Waals surface area contributed by atoms with Crippen molar-refractivity contribution in [2.45, 2.75) is 16.8 Å². The van der Waals surface area contributed by atoms with Gasteiger partial charge in [-0.05, 0) is 42.8 Å². The molecule has 0 aliphatic carbocycles.